The van der Waals surface area contributed by atoms with Crippen LogP contribution in [0.15, 0.2) is 43.1 Å². The van der Waals surface area contributed by atoms with E-state index in [1.807, 2.05) is 4.90 Å². The zero-order valence-corrected chi connectivity index (χ0v) is 28.8. The lowest BCUT2D eigenvalue weighted by atomic mass is 9.93. The Morgan fingerprint density at radius 3 is 2.67 bits per heavy atom. The molecule has 1 amide bonds. The number of benzene rings is 2. The number of nitriles is 1. The number of terminal acetylenes is 1. The molecule has 51 heavy (non-hydrogen) atoms. The number of phenolic OH excluding ortho intramolecular Hbond substituents is 1. The van der Waals surface area contributed by atoms with Crippen LogP contribution in [0.25, 0.3) is 32.9 Å². The Labute approximate surface area is 295 Å². The van der Waals surface area contributed by atoms with Gasteiger partial charge in [0.15, 0.2) is 5.82 Å². The third-order valence-electron chi connectivity index (χ3n) is 11.3. The summed E-state index contributed by atoms with van der Waals surface area (Å²) in [7, 11) is 3.50. The third kappa shape index (κ3) is 5.78. The fourth-order valence-electron chi connectivity index (χ4n) is 8.63. The van der Waals surface area contributed by atoms with Gasteiger partial charge in [-0.2, -0.15) is 15.2 Å². The molecule has 2 atom stereocenters. The summed E-state index contributed by atoms with van der Waals surface area (Å²) in [6.45, 7) is 6.28. The fraction of sp³-hybridized carbons (Fsp3) is 0.410. The average Bonchev–Trinajstić information content (AvgIpc) is 3.85. The summed E-state index contributed by atoms with van der Waals surface area (Å²) in [6, 6.07) is 7.74. The number of hydrogen-bond donors (Lipinski definition) is 1. The van der Waals surface area contributed by atoms with E-state index in [1.165, 1.54) is 36.5 Å². The third-order valence-corrected chi connectivity index (χ3v) is 11.3. The van der Waals surface area contributed by atoms with Crippen LogP contribution in [0.5, 0.6) is 11.8 Å². The highest BCUT2D eigenvalue weighted by Gasteiger charge is 2.46. The summed E-state index contributed by atoms with van der Waals surface area (Å²) < 4.78 is 38.3. The number of amides is 1. The van der Waals surface area contributed by atoms with E-state index in [-0.39, 0.29) is 68.8 Å². The van der Waals surface area contributed by atoms with Crippen molar-refractivity contribution >= 4 is 33.4 Å². The lowest BCUT2D eigenvalue weighted by Gasteiger charge is -2.41. The molecule has 0 spiro atoms. The van der Waals surface area contributed by atoms with Crippen LogP contribution >= 0.6 is 0 Å². The quantitative estimate of drug-likeness (QED) is 0.168. The molecule has 262 valence electrons. The Morgan fingerprint density at radius 1 is 1.22 bits per heavy atom. The number of likely N-dealkylation sites (N-methyl/N-ethyl adjacent to an activating group) is 2. The second-order valence-electron chi connectivity index (χ2n) is 14.1. The molecule has 2 aliphatic heterocycles. The predicted octanol–water partition coefficient (Wildman–Crippen LogP) is 5.96. The summed E-state index contributed by atoms with van der Waals surface area (Å²) in [6.07, 6.45) is 14.2. The van der Waals surface area contributed by atoms with Gasteiger partial charge in [0.1, 0.15) is 35.2 Å². The Balaban J connectivity index is 1.37. The van der Waals surface area contributed by atoms with E-state index in [0.717, 1.165) is 38.8 Å². The lowest BCUT2D eigenvalue weighted by Crippen LogP contribution is -2.54. The summed E-state index contributed by atoms with van der Waals surface area (Å²) >= 11 is 0. The number of hydrogen-bond acceptors (Lipinski definition) is 9. The molecule has 12 heteroatoms. The van der Waals surface area contributed by atoms with Crippen LogP contribution in [0.4, 0.5) is 14.6 Å². The van der Waals surface area contributed by atoms with Crippen molar-refractivity contribution in [2.45, 2.75) is 56.0 Å². The first-order chi connectivity index (χ1) is 24.5. The van der Waals surface area contributed by atoms with Crippen molar-refractivity contribution < 1.29 is 23.4 Å². The Bertz CT molecular complexity index is 2150. The molecular weight excluding hydrogens is 652 g/mol. The maximum Gasteiger partial charge on any atom is 0.319 e. The second kappa shape index (κ2) is 13.1. The maximum atomic E-state index is 17.0. The lowest BCUT2D eigenvalue weighted by molar-refractivity contribution is -0.130. The summed E-state index contributed by atoms with van der Waals surface area (Å²) in [4.78, 5) is 32.7. The standard InChI is InChI=1S/C39H39F2N7O3/c1-5-27-30(40)10-9-25-17-26(49)18-28(32(25)27)34-33(41)35-29(21-43-34)36(45-37(44-35)51-23-38-12-7-15-48(38)16-8-13-38)46(3)22-39(47(4)31(50)6-2)14-11-24(19-39)20-42/h1,6,9-10,17-18,21,24,49H,2,7-8,11-16,19,22-23H2,3-4H3. The van der Waals surface area contributed by atoms with Gasteiger partial charge >= 0.3 is 6.01 Å². The van der Waals surface area contributed by atoms with Crippen LogP contribution in [-0.2, 0) is 4.79 Å². The van der Waals surface area contributed by atoms with E-state index in [0.29, 0.717) is 37.1 Å². The van der Waals surface area contributed by atoms with Gasteiger partial charge in [-0.3, -0.25) is 14.7 Å². The van der Waals surface area contributed by atoms with E-state index >= 15 is 4.39 Å². The number of fused-ring (bicyclic) bond motifs is 3. The van der Waals surface area contributed by atoms with Crippen molar-refractivity contribution in [1.29, 1.82) is 5.26 Å². The van der Waals surface area contributed by atoms with Gasteiger partial charge in [-0.05, 0) is 87.7 Å². The Morgan fingerprint density at radius 2 is 1.98 bits per heavy atom. The largest absolute Gasteiger partial charge is 0.508 e. The number of anilines is 1. The highest BCUT2D eigenvalue weighted by atomic mass is 19.1. The zero-order chi connectivity index (χ0) is 36.1. The summed E-state index contributed by atoms with van der Waals surface area (Å²) in [5.74, 6) is 0.529. The van der Waals surface area contributed by atoms with Crippen LogP contribution in [0.3, 0.4) is 0 Å². The van der Waals surface area contributed by atoms with Gasteiger partial charge in [-0.1, -0.05) is 18.6 Å². The number of carbonyl (C=O) groups is 1. The molecular formula is C39H39F2N7O3. The van der Waals surface area contributed by atoms with Crippen molar-refractivity contribution in [2.75, 3.05) is 45.2 Å². The molecule has 7 rings (SSSR count). The molecule has 0 radical (unpaired) electrons. The minimum Gasteiger partial charge on any atom is -0.508 e. The smallest absolute Gasteiger partial charge is 0.319 e. The molecule has 1 aliphatic carbocycles. The van der Waals surface area contributed by atoms with Crippen LogP contribution in [0.2, 0.25) is 0 Å². The number of phenols is 1. The highest BCUT2D eigenvalue weighted by molar-refractivity contribution is 6.03. The zero-order valence-electron chi connectivity index (χ0n) is 28.8. The second-order valence-corrected chi connectivity index (χ2v) is 14.1. The number of rotatable bonds is 9. The van der Waals surface area contributed by atoms with Gasteiger partial charge in [0, 0.05) is 43.7 Å². The van der Waals surface area contributed by atoms with Crippen molar-refractivity contribution in [3.63, 3.8) is 0 Å². The first-order valence-electron chi connectivity index (χ1n) is 17.2. The number of nitrogens with zero attached hydrogens (tertiary/aromatic N) is 7. The van der Waals surface area contributed by atoms with Crippen LogP contribution < -0.4 is 9.64 Å². The van der Waals surface area contributed by atoms with Gasteiger partial charge < -0.3 is 19.6 Å². The molecule has 10 nitrogen and oxygen atoms in total. The van der Waals surface area contributed by atoms with Gasteiger partial charge in [-0.15, -0.1) is 6.42 Å². The molecule has 0 bridgehead atoms. The van der Waals surface area contributed by atoms with E-state index in [4.69, 9.17) is 16.1 Å². The summed E-state index contributed by atoms with van der Waals surface area (Å²) in [5, 5.41) is 21.3. The number of aromatic nitrogens is 3. The van der Waals surface area contributed by atoms with Crippen molar-refractivity contribution in [3.05, 3.63) is 60.3 Å². The number of aromatic hydroxyl groups is 1. The van der Waals surface area contributed by atoms with Gasteiger partial charge in [-0.25, -0.2) is 8.78 Å². The molecule has 1 saturated carbocycles. The number of halogens is 2. The van der Waals surface area contributed by atoms with Crippen LogP contribution in [0.1, 0.15) is 50.5 Å². The molecule has 4 aromatic rings. The highest BCUT2D eigenvalue weighted by Crippen LogP contribution is 2.43. The van der Waals surface area contributed by atoms with E-state index < -0.39 is 17.2 Å². The normalized spacial score (nSPS) is 20.9. The molecule has 2 saturated heterocycles. The maximum absolute atomic E-state index is 17.0. The molecule has 2 unspecified atom stereocenters. The molecule has 2 aromatic carbocycles. The van der Waals surface area contributed by atoms with E-state index in [1.54, 1.807) is 19.0 Å². The Hall–Kier alpha value is -5.33. The predicted molar refractivity (Wildman–Crippen MR) is 190 cm³/mol. The molecule has 3 fully saturated rings. The van der Waals surface area contributed by atoms with Crippen LogP contribution in [-0.4, -0.2) is 87.2 Å². The molecule has 3 aliphatic rings. The molecule has 4 heterocycles. The van der Waals surface area contributed by atoms with Gasteiger partial charge in [0.2, 0.25) is 5.91 Å². The Kier molecular flexibility index (Phi) is 8.76. The van der Waals surface area contributed by atoms with Crippen molar-refractivity contribution in [3.8, 4) is 41.4 Å². The van der Waals surface area contributed by atoms with Crippen LogP contribution in [0, 0.1) is 41.2 Å². The minimum atomic E-state index is -0.825. The van der Waals surface area contributed by atoms with Crippen molar-refractivity contribution in [1.82, 2.24) is 24.8 Å². The summed E-state index contributed by atoms with van der Waals surface area (Å²) in [5.41, 5.74) is -1.09. The topological polar surface area (TPSA) is 119 Å². The monoisotopic (exact) mass is 691 g/mol. The average molecular weight is 692 g/mol. The molecule has 2 aromatic heterocycles. The van der Waals surface area contributed by atoms with Gasteiger partial charge in [0.05, 0.1) is 28.1 Å². The molecule has 1 N–H and O–H groups in total. The first-order valence-corrected chi connectivity index (χ1v) is 17.2. The number of ether oxygens (including phenoxy) is 1. The SMILES string of the molecule is C#Cc1c(F)ccc2cc(O)cc(-c3ncc4c(N(C)CC5(N(C)C(=O)C=C)CCC(C#N)C5)nc(OCC56CCCN5CCC6)nc4c3F)c12. The number of pyridine rings is 1. The first kappa shape index (κ1) is 34.1. The fourth-order valence-corrected chi connectivity index (χ4v) is 8.63. The van der Waals surface area contributed by atoms with E-state index in [9.17, 15) is 19.6 Å². The van der Waals surface area contributed by atoms with Gasteiger partial charge in [0.25, 0.3) is 0 Å². The minimum absolute atomic E-state index is 0.0180. The van der Waals surface area contributed by atoms with E-state index in [2.05, 4.69) is 33.4 Å². The number of carbonyl (C=O) groups excluding carboxylic acids is 1. The van der Waals surface area contributed by atoms with Crippen molar-refractivity contribution in [2.24, 2.45) is 5.92 Å².